The van der Waals surface area contributed by atoms with Crippen molar-refractivity contribution < 1.29 is 0 Å². The van der Waals surface area contributed by atoms with Crippen LogP contribution in [0.3, 0.4) is 0 Å². The van der Waals surface area contributed by atoms with Gasteiger partial charge in [0.25, 0.3) is 0 Å². The van der Waals surface area contributed by atoms with E-state index in [0.29, 0.717) is 0 Å². The highest BCUT2D eigenvalue weighted by Crippen LogP contribution is 2.22. The minimum Gasteiger partial charge on any atom is -0.369 e. The van der Waals surface area contributed by atoms with Gasteiger partial charge >= 0.3 is 0 Å². The molecule has 0 fully saturated rings. The van der Waals surface area contributed by atoms with Crippen LogP contribution in [0.5, 0.6) is 0 Å². The molecule has 0 saturated carbocycles. The number of unbranched alkanes of at least 4 members (excludes halogenated alkanes) is 1. The second-order valence-electron chi connectivity index (χ2n) is 6.31. The summed E-state index contributed by atoms with van der Waals surface area (Å²) in [5.74, 6) is 1.65. The van der Waals surface area contributed by atoms with Gasteiger partial charge in [-0.3, -0.25) is 0 Å². The van der Waals surface area contributed by atoms with Crippen LogP contribution in [0.2, 0.25) is 0 Å². The molecule has 1 aromatic heterocycles. The van der Waals surface area contributed by atoms with E-state index in [4.69, 9.17) is 9.97 Å². The number of nitrogens with one attached hydrogen (secondary N) is 1. The van der Waals surface area contributed by atoms with Crippen molar-refractivity contribution in [2.24, 2.45) is 0 Å². The molecule has 0 aliphatic carbocycles. The van der Waals surface area contributed by atoms with Crippen molar-refractivity contribution in [2.75, 3.05) is 51.0 Å². The summed E-state index contributed by atoms with van der Waals surface area (Å²) in [5.41, 5.74) is 2.07. The van der Waals surface area contributed by atoms with Crippen molar-refractivity contribution in [3.05, 3.63) is 36.4 Å². The first-order valence-electron chi connectivity index (χ1n) is 8.64. The van der Waals surface area contributed by atoms with Crippen molar-refractivity contribution >= 4 is 11.8 Å². The molecule has 1 aromatic carbocycles. The largest absolute Gasteiger partial charge is 0.369 e. The fraction of sp³-hybridized carbons (Fsp3) is 0.474. The topological polar surface area (TPSA) is 44.3 Å². The van der Waals surface area contributed by atoms with Crippen LogP contribution in [0.25, 0.3) is 11.3 Å². The second kappa shape index (κ2) is 9.23. The first kappa shape index (κ1) is 18.2. The molecule has 1 N–H and O–H groups in total. The van der Waals surface area contributed by atoms with Gasteiger partial charge in [-0.1, -0.05) is 43.7 Å². The van der Waals surface area contributed by atoms with Gasteiger partial charge in [-0.15, -0.1) is 0 Å². The van der Waals surface area contributed by atoms with Gasteiger partial charge in [0.05, 0.1) is 5.69 Å². The van der Waals surface area contributed by atoms with E-state index in [2.05, 4.69) is 55.3 Å². The summed E-state index contributed by atoms with van der Waals surface area (Å²) in [4.78, 5) is 13.7. The van der Waals surface area contributed by atoms with E-state index in [1.54, 1.807) is 0 Å². The number of hydrogen-bond acceptors (Lipinski definition) is 5. The number of hydrogen-bond donors (Lipinski definition) is 1. The summed E-state index contributed by atoms with van der Waals surface area (Å²) >= 11 is 0. The SMILES string of the molecule is CCCCN(C)c1nc(NCCN(C)C)cc(-c2ccccc2)n1. The fourth-order valence-corrected chi connectivity index (χ4v) is 2.36. The molecule has 5 heteroatoms. The Morgan fingerprint density at radius 3 is 2.42 bits per heavy atom. The molecule has 0 saturated heterocycles. The molecule has 0 atom stereocenters. The molecule has 130 valence electrons. The molecule has 0 aliphatic rings. The molecule has 0 bridgehead atoms. The van der Waals surface area contributed by atoms with Crippen molar-refractivity contribution in [3.8, 4) is 11.3 Å². The van der Waals surface area contributed by atoms with Crippen molar-refractivity contribution in [3.63, 3.8) is 0 Å². The van der Waals surface area contributed by atoms with Gasteiger partial charge in [0.2, 0.25) is 5.95 Å². The van der Waals surface area contributed by atoms with E-state index >= 15 is 0 Å². The maximum absolute atomic E-state index is 4.76. The van der Waals surface area contributed by atoms with Crippen LogP contribution in [0, 0.1) is 0 Å². The smallest absolute Gasteiger partial charge is 0.227 e. The molecule has 1 heterocycles. The van der Waals surface area contributed by atoms with E-state index in [0.717, 1.165) is 55.5 Å². The Morgan fingerprint density at radius 1 is 1.00 bits per heavy atom. The molecule has 2 rings (SSSR count). The molecule has 2 aromatic rings. The van der Waals surface area contributed by atoms with Crippen LogP contribution < -0.4 is 10.2 Å². The predicted molar refractivity (Wildman–Crippen MR) is 103 cm³/mol. The van der Waals surface area contributed by atoms with Crippen molar-refractivity contribution in [2.45, 2.75) is 19.8 Å². The van der Waals surface area contributed by atoms with Gasteiger partial charge < -0.3 is 15.1 Å². The Labute approximate surface area is 145 Å². The summed E-state index contributed by atoms with van der Waals surface area (Å²) in [6.07, 6.45) is 2.30. The van der Waals surface area contributed by atoms with Gasteiger partial charge in [0, 0.05) is 38.3 Å². The number of likely N-dealkylation sites (N-methyl/N-ethyl adjacent to an activating group) is 1. The third-order valence-electron chi connectivity index (χ3n) is 3.84. The molecule has 0 unspecified atom stereocenters. The summed E-state index contributed by atoms with van der Waals surface area (Å²) < 4.78 is 0. The van der Waals surface area contributed by atoms with E-state index in [1.807, 2.05) is 24.3 Å². The third-order valence-corrected chi connectivity index (χ3v) is 3.84. The minimum atomic E-state index is 0.775. The van der Waals surface area contributed by atoms with Crippen LogP contribution in [0.4, 0.5) is 11.8 Å². The van der Waals surface area contributed by atoms with E-state index in [-0.39, 0.29) is 0 Å². The number of rotatable bonds is 9. The Kier molecular flexibility index (Phi) is 7.00. The molecule has 24 heavy (non-hydrogen) atoms. The first-order valence-corrected chi connectivity index (χ1v) is 8.64. The van der Waals surface area contributed by atoms with Crippen LogP contribution in [0.1, 0.15) is 19.8 Å². The highest BCUT2D eigenvalue weighted by Gasteiger charge is 2.10. The average molecular weight is 327 g/mol. The number of aromatic nitrogens is 2. The van der Waals surface area contributed by atoms with Crippen molar-refractivity contribution in [1.29, 1.82) is 0 Å². The lowest BCUT2D eigenvalue weighted by molar-refractivity contribution is 0.425. The Bertz CT molecular complexity index is 612. The van der Waals surface area contributed by atoms with Crippen molar-refractivity contribution in [1.82, 2.24) is 14.9 Å². The zero-order chi connectivity index (χ0) is 17.4. The minimum absolute atomic E-state index is 0.775. The fourth-order valence-electron chi connectivity index (χ4n) is 2.36. The third kappa shape index (κ3) is 5.49. The summed E-state index contributed by atoms with van der Waals surface area (Å²) in [6, 6.07) is 12.3. The van der Waals surface area contributed by atoms with Gasteiger partial charge in [-0.2, -0.15) is 4.98 Å². The molecular weight excluding hydrogens is 298 g/mol. The highest BCUT2D eigenvalue weighted by atomic mass is 15.2. The summed E-state index contributed by atoms with van der Waals surface area (Å²) in [5, 5.41) is 3.42. The number of benzene rings is 1. The van der Waals surface area contributed by atoms with E-state index in [1.165, 1.54) is 0 Å². The molecule has 5 nitrogen and oxygen atoms in total. The normalized spacial score (nSPS) is 10.9. The van der Waals surface area contributed by atoms with Gasteiger partial charge in [0.1, 0.15) is 5.82 Å². The van der Waals surface area contributed by atoms with Crippen LogP contribution in [-0.2, 0) is 0 Å². The highest BCUT2D eigenvalue weighted by molar-refractivity contribution is 5.64. The second-order valence-corrected chi connectivity index (χ2v) is 6.31. The zero-order valence-corrected chi connectivity index (χ0v) is 15.3. The van der Waals surface area contributed by atoms with E-state index < -0.39 is 0 Å². The maximum Gasteiger partial charge on any atom is 0.227 e. The molecule has 0 radical (unpaired) electrons. The lowest BCUT2D eigenvalue weighted by Gasteiger charge is -2.19. The monoisotopic (exact) mass is 327 g/mol. The van der Waals surface area contributed by atoms with Crippen LogP contribution in [-0.4, -0.2) is 55.6 Å². The zero-order valence-electron chi connectivity index (χ0n) is 15.3. The molecular formula is C19H29N5. The maximum atomic E-state index is 4.76. The van der Waals surface area contributed by atoms with Gasteiger partial charge in [-0.25, -0.2) is 4.98 Å². The van der Waals surface area contributed by atoms with Crippen LogP contribution >= 0.6 is 0 Å². The van der Waals surface area contributed by atoms with Gasteiger partial charge in [0.15, 0.2) is 0 Å². The lowest BCUT2D eigenvalue weighted by Crippen LogP contribution is -2.23. The van der Waals surface area contributed by atoms with E-state index in [9.17, 15) is 0 Å². The summed E-state index contributed by atoms with van der Waals surface area (Å²) in [7, 11) is 6.20. The van der Waals surface area contributed by atoms with Gasteiger partial charge in [-0.05, 0) is 20.5 Å². The lowest BCUT2D eigenvalue weighted by atomic mass is 10.1. The standard InChI is InChI=1S/C19H29N5/c1-5-6-13-24(4)19-21-17(16-10-8-7-9-11-16)15-18(22-19)20-12-14-23(2)3/h7-11,15H,5-6,12-14H2,1-4H3,(H,20,21,22). The Hall–Kier alpha value is -2.14. The Balaban J connectivity index is 2.25. The molecule has 0 amide bonds. The van der Waals surface area contributed by atoms with Crippen LogP contribution in [0.15, 0.2) is 36.4 Å². The Morgan fingerprint density at radius 2 is 1.75 bits per heavy atom. The quantitative estimate of drug-likeness (QED) is 0.765. The predicted octanol–water partition coefficient (Wildman–Crippen LogP) is 3.35. The first-order chi connectivity index (χ1) is 11.6. The molecule has 0 aliphatic heterocycles. The summed E-state index contributed by atoms with van der Waals surface area (Å²) in [6.45, 7) is 4.98. The molecule has 0 spiro atoms. The number of nitrogens with zero attached hydrogens (tertiary/aromatic N) is 4. The average Bonchev–Trinajstić information content (AvgIpc) is 2.60. The number of anilines is 2.